The van der Waals surface area contributed by atoms with E-state index in [1.54, 1.807) is 6.07 Å². The molecule has 0 aliphatic heterocycles. The van der Waals surface area contributed by atoms with Crippen LogP contribution in [0.4, 0.5) is 4.39 Å². The molecule has 2 aromatic rings. The number of hydrogen-bond acceptors (Lipinski definition) is 2. The van der Waals surface area contributed by atoms with E-state index in [-0.39, 0.29) is 11.2 Å². The van der Waals surface area contributed by atoms with Gasteiger partial charge in [-0.3, -0.25) is 0 Å². The van der Waals surface area contributed by atoms with Gasteiger partial charge in [0.15, 0.2) is 0 Å². The van der Waals surface area contributed by atoms with Crippen molar-refractivity contribution in [2.45, 2.75) is 37.6 Å². The van der Waals surface area contributed by atoms with E-state index in [1.807, 2.05) is 13.1 Å². The van der Waals surface area contributed by atoms with Gasteiger partial charge < -0.3 is 9.73 Å². The minimum Gasteiger partial charge on any atom is -0.460 e. The lowest BCUT2D eigenvalue weighted by Gasteiger charge is -2.21. The van der Waals surface area contributed by atoms with Gasteiger partial charge in [0, 0.05) is 16.8 Å². The highest BCUT2D eigenvalue weighted by molar-refractivity contribution is 5.78. The molecule has 0 bridgehead atoms. The maximum atomic E-state index is 13.2. The van der Waals surface area contributed by atoms with E-state index in [1.165, 1.54) is 18.6 Å². The molecule has 2 atom stereocenters. The molecule has 18 heavy (non-hydrogen) atoms. The van der Waals surface area contributed by atoms with Gasteiger partial charge in [-0.15, -0.1) is 0 Å². The average Bonchev–Trinajstić information content (AvgIpc) is 2.93. The van der Waals surface area contributed by atoms with E-state index >= 15 is 0 Å². The maximum Gasteiger partial charge on any atom is 0.134 e. The summed E-state index contributed by atoms with van der Waals surface area (Å²) in [7, 11) is 2.00. The van der Waals surface area contributed by atoms with Crippen molar-refractivity contribution in [2.75, 3.05) is 7.05 Å². The Morgan fingerprint density at radius 1 is 1.39 bits per heavy atom. The summed E-state index contributed by atoms with van der Waals surface area (Å²) < 4.78 is 19.1. The number of fused-ring (bicyclic) bond motifs is 1. The van der Waals surface area contributed by atoms with Crippen molar-refractivity contribution in [3.63, 3.8) is 0 Å². The molecule has 1 aromatic carbocycles. The molecule has 1 aliphatic rings. The number of furan rings is 1. The predicted molar refractivity (Wildman–Crippen MR) is 70.2 cm³/mol. The van der Waals surface area contributed by atoms with Crippen LogP contribution in [0.25, 0.3) is 11.0 Å². The number of hydrogen-bond donors (Lipinski definition) is 1. The van der Waals surface area contributed by atoms with Crippen molar-refractivity contribution >= 4 is 11.0 Å². The SMILES string of the molecule is CNC1CCC(C)(c2cc3cc(F)ccc3o2)C1. The van der Waals surface area contributed by atoms with E-state index < -0.39 is 0 Å². The molecule has 0 saturated heterocycles. The zero-order valence-electron chi connectivity index (χ0n) is 10.8. The normalized spacial score (nSPS) is 28.1. The van der Waals surface area contributed by atoms with Crippen LogP contribution in [0.1, 0.15) is 31.9 Å². The molecule has 96 valence electrons. The second-order valence-electron chi connectivity index (χ2n) is 5.58. The summed E-state index contributed by atoms with van der Waals surface area (Å²) in [6, 6.07) is 7.25. The summed E-state index contributed by atoms with van der Waals surface area (Å²) in [4.78, 5) is 0. The Hall–Kier alpha value is -1.35. The van der Waals surface area contributed by atoms with Crippen LogP contribution in [0.3, 0.4) is 0 Å². The lowest BCUT2D eigenvalue weighted by Crippen LogP contribution is -2.25. The van der Waals surface area contributed by atoms with Crippen molar-refractivity contribution in [3.05, 3.63) is 35.8 Å². The van der Waals surface area contributed by atoms with Gasteiger partial charge in [-0.25, -0.2) is 4.39 Å². The minimum absolute atomic E-state index is 0.0726. The highest BCUT2D eigenvalue weighted by Gasteiger charge is 2.38. The number of nitrogens with one attached hydrogen (secondary N) is 1. The fourth-order valence-corrected chi connectivity index (χ4v) is 3.02. The Bertz CT molecular complexity index is 577. The van der Waals surface area contributed by atoms with Gasteiger partial charge in [-0.05, 0) is 50.6 Å². The van der Waals surface area contributed by atoms with E-state index in [0.717, 1.165) is 29.6 Å². The summed E-state index contributed by atoms with van der Waals surface area (Å²) in [6.45, 7) is 2.23. The highest BCUT2D eigenvalue weighted by atomic mass is 19.1. The first-order valence-electron chi connectivity index (χ1n) is 6.47. The van der Waals surface area contributed by atoms with Crippen LogP contribution in [0.2, 0.25) is 0 Å². The van der Waals surface area contributed by atoms with Gasteiger partial charge in [0.2, 0.25) is 0 Å². The third-order valence-corrected chi connectivity index (χ3v) is 4.22. The number of rotatable bonds is 2. The Morgan fingerprint density at radius 2 is 2.22 bits per heavy atom. The van der Waals surface area contributed by atoms with Crippen LogP contribution in [0, 0.1) is 5.82 Å². The van der Waals surface area contributed by atoms with E-state index in [2.05, 4.69) is 12.2 Å². The van der Waals surface area contributed by atoms with Crippen LogP contribution in [-0.4, -0.2) is 13.1 Å². The molecular formula is C15H18FNO. The van der Waals surface area contributed by atoms with Gasteiger partial charge in [0.1, 0.15) is 17.2 Å². The van der Waals surface area contributed by atoms with Gasteiger partial charge in [-0.1, -0.05) is 6.92 Å². The van der Waals surface area contributed by atoms with E-state index in [9.17, 15) is 4.39 Å². The van der Waals surface area contributed by atoms with Crippen LogP contribution < -0.4 is 5.32 Å². The standard InChI is InChI=1S/C15H18FNO/c1-15(6-5-12(9-15)17-2)14-8-10-7-11(16)3-4-13(10)18-14/h3-4,7-8,12,17H,5-6,9H2,1-2H3. The third kappa shape index (κ3) is 1.83. The predicted octanol–water partition coefficient (Wildman–Crippen LogP) is 3.60. The minimum atomic E-state index is -0.209. The molecule has 0 amide bonds. The number of halogens is 1. The van der Waals surface area contributed by atoms with Crippen LogP contribution >= 0.6 is 0 Å². The number of benzene rings is 1. The van der Waals surface area contributed by atoms with Gasteiger partial charge in [0.25, 0.3) is 0 Å². The molecule has 2 nitrogen and oxygen atoms in total. The molecule has 3 rings (SSSR count). The molecular weight excluding hydrogens is 229 g/mol. The van der Waals surface area contributed by atoms with Crippen LogP contribution in [0.5, 0.6) is 0 Å². The summed E-state index contributed by atoms with van der Waals surface area (Å²) >= 11 is 0. The van der Waals surface area contributed by atoms with Crippen molar-refractivity contribution in [3.8, 4) is 0 Å². The smallest absolute Gasteiger partial charge is 0.134 e. The van der Waals surface area contributed by atoms with Gasteiger partial charge >= 0.3 is 0 Å². The maximum absolute atomic E-state index is 13.2. The van der Waals surface area contributed by atoms with Crippen molar-refractivity contribution < 1.29 is 8.81 Å². The zero-order chi connectivity index (χ0) is 12.8. The first-order valence-corrected chi connectivity index (χ1v) is 6.47. The quantitative estimate of drug-likeness (QED) is 0.877. The highest BCUT2D eigenvalue weighted by Crippen LogP contribution is 2.42. The fourth-order valence-electron chi connectivity index (χ4n) is 3.02. The van der Waals surface area contributed by atoms with E-state index in [0.29, 0.717) is 6.04 Å². The molecule has 1 fully saturated rings. The van der Waals surface area contributed by atoms with Gasteiger partial charge in [0.05, 0.1) is 0 Å². The molecule has 0 spiro atoms. The molecule has 2 unspecified atom stereocenters. The third-order valence-electron chi connectivity index (χ3n) is 4.22. The Morgan fingerprint density at radius 3 is 2.94 bits per heavy atom. The van der Waals surface area contributed by atoms with E-state index in [4.69, 9.17) is 4.42 Å². The Labute approximate surface area is 106 Å². The largest absolute Gasteiger partial charge is 0.460 e. The molecule has 1 aromatic heterocycles. The molecule has 3 heteroatoms. The van der Waals surface area contributed by atoms with Gasteiger partial charge in [-0.2, -0.15) is 0 Å². The molecule has 1 saturated carbocycles. The second kappa shape index (κ2) is 4.09. The molecule has 1 heterocycles. The molecule has 1 aliphatic carbocycles. The first kappa shape index (κ1) is 11.7. The van der Waals surface area contributed by atoms with Crippen LogP contribution in [0.15, 0.2) is 28.7 Å². The van der Waals surface area contributed by atoms with Crippen LogP contribution in [-0.2, 0) is 5.41 Å². The Kier molecular flexibility index (Phi) is 2.67. The lowest BCUT2D eigenvalue weighted by atomic mass is 9.85. The van der Waals surface area contributed by atoms with Crippen molar-refractivity contribution in [2.24, 2.45) is 0 Å². The van der Waals surface area contributed by atoms with Crippen molar-refractivity contribution in [1.29, 1.82) is 0 Å². The fraction of sp³-hybridized carbons (Fsp3) is 0.467. The average molecular weight is 247 g/mol. The summed E-state index contributed by atoms with van der Waals surface area (Å²) in [5, 5.41) is 4.19. The van der Waals surface area contributed by atoms with Crippen molar-refractivity contribution in [1.82, 2.24) is 5.32 Å². The second-order valence-corrected chi connectivity index (χ2v) is 5.58. The monoisotopic (exact) mass is 247 g/mol. The summed E-state index contributed by atoms with van der Waals surface area (Å²) in [6.07, 6.45) is 3.35. The molecule has 1 N–H and O–H groups in total. The first-order chi connectivity index (χ1) is 8.60. The zero-order valence-corrected chi connectivity index (χ0v) is 10.8. The Balaban J connectivity index is 1.99. The summed E-state index contributed by atoms with van der Waals surface area (Å²) in [5.74, 6) is 0.778. The topological polar surface area (TPSA) is 25.2 Å². The summed E-state index contributed by atoms with van der Waals surface area (Å²) in [5.41, 5.74) is 0.851. The lowest BCUT2D eigenvalue weighted by molar-refractivity contribution is 0.372. The molecule has 0 radical (unpaired) electrons.